The van der Waals surface area contributed by atoms with Gasteiger partial charge in [0.05, 0.1) is 13.2 Å². The summed E-state index contributed by atoms with van der Waals surface area (Å²) in [5.41, 5.74) is 5.38. The lowest BCUT2D eigenvalue weighted by Gasteiger charge is -2.19. The SMILES string of the molecule is CC/C=C\C/C=C\C/C=C\C/C=C\C/C=C\C/C=C\CCCCCCCCCCCCCCCCCCCCCCC(=O)OC(COC(=O)CCCCCCCCCCCCCCCC)COP(=O)(O)OCCN. The number of carbonyl (C=O) groups is 2. The molecule has 3 N–H and O–H groups in total. The monoisotopic (exact) mass is 1060 g/mol. The summed E-state index contributed by atoms with van der Waals surface area (Å²) >= 11 is 0. The summed E-state index contributed by atoms with van der Waals surface area (Å²) in [5.74, 6) is -0.814. The van der Waals surface area contributed by atoms with Crippen LogP contribution in [0, 0.1) is 0 Å². The predicted molar refractivity (Wildman–Crippen MR) is 316 cm³/mol. The zero-order chi connectivity index (χ0) is 53.8. The van der Waals surface area contributed by atoms with Crippen molar-refractivity contribution in [2.24, 2.45) is 5.73 Å². The summed E-state index contributed by atoms with van der Waals surface area (Å²) in [6, 6.07) is 0. The van der Waals surface area contributed by atoms with Gasteiger partial charge in [-0.15, -0.1) is 0 Å². The van der Waals surface area contributed by atoms with Crippen molar-refractivity contribution in [3.05, 3.63) is 72.9 Å². The highest BCUT2D eigenvalue weighted by Crippen LogP contribution is 2.43. The summed E-state index contributed by atoms with van der Waals surface area (Å²) in [5, 5.41) is 0. The molecular weight excluding hydrogens is 942 g/mol. The van der Waals surface area contributed by atoms with Crippen LogP contribution in [0.25, 0.3) is 0 Å². The Hall–Kier alpha value is -2.55. The van der Waals surface area contributed by atoms with E-state index in [0.29, 0.717) is 6.42 Å². The Kier molecular flexibility index (Phi) is 57.6. The Labute approximate surface area is 456 Å². The molecule has 2 unspecified atom stereocenters. The van der Waals surface area contributed by atoms with Gasteiger partial charge in [0.2, 0.25) is 0 Å². The average Bonchev–Trinajstić information content (AvgIpc) is 3.39. The third-order valence-corrected chi connectivity index (χ3v) is 14.3. The third-order valence-electron chi connectivity index (χ3n) is 13.4. The maximum absolute atomic E-state index is 12.7. The smallest absolute Gasteiger partial charge is 0.462 e. The molecule has 430 valence electrons. The van der Waals surface area contributed by atoms with Crippen LogP contribution >= 0.6 is 7.82 Å². The lowest BCUT2D eigenvalue weighted by molar-refractivity contribution is -0.161. The molecule has 0 aromatic rings. The fourth-order valence-corrected chi connectivity index (χ4v) is 9.58. The van der Waals surface area contributed by atoms with Gasteiger partial charge in [0.15, 0.2) is 6.10 Å². The number of hydrogen-bond acceptors (Lipinski definition) is 8. The number of unbranched alkanes of at least 4 members (excludes halogenated alkanes) is 33. The number of carbonyl (C=O) groups excluding carboxylic acids is 2. The van der Waals surface area contributed by atoms with Gasteiger partial charge in [-0.2, -0.15) is 0 Å². The van der Waals surface area contributed by atoms with Crippen LogP contribution in [0.15, 0.2) is 72.9 Å². The molecule has 10 heteroatoms. The lowest BCUT2D eigenvalue weighted by atomic mass is 10.0. The number of nitrogens with two attached hydrogens (primary N) is 1. The number of ether oxygens (including phenoxy) is 2. The molecule has 0 spiro atoms. The Morgan fingerprint density at radius 3 is 1.11 bits per heavy atom. The second kappa shape index (κ2) is 59.7. The first-order chi connectivity index (χ1) is 36.3. The molecule has 9 nitrogen and oxygen atoms in total. The van der Waals surface area contributed by atoms with Crippen LogP contribution in [0.2, 0.25) is 0 Å². The molecule has 0 aromatic carbocycles. The van der Waals surface area contributed by atoms with Gasteiger partial charge in [-0.05, 0) is 64.2 Å². The maximum atomic E-state index is 12.7. The van der Waals surface area contributed by atoms with E-state index >= 15 is 0 Å². The largest absolute Gasteiger partial charge is 0.472 e. The summed E-state index contributed by atoms with van der Waals surface area (Å²) in [6.07, 6.45) is 77.0. The topological polar surface area (TPSA) is 134 Å². The van der Waals surface area contributed by atoms with E-state index in [-0.39, 0.29) is 38.6 Å². The molecule has 0 radical (unpaired) electrons. The molecule has 0 heterocycles. The van der Waals surface area contributed by atoms with Crippen LogP contribution in [0.5, 0.6) is 0 Å². The minimum Gasteiger partial charge on any atom is -0.462 e. The normalized spacial score (nSPS) is 13.5. The van der Waals surface area contributed by atoms with Crippen LogP contribution in [-0.4, -0.2) is 49.3 Å². The molecule has 0 bridgehead atoms. The summed E-state index contributed by atoms with van der Waals surface area (Å²) in [4.78, 5) is 35.1. The Morgan fingerprint density at radius 2 is 0.743 bits per heavy atom. The Bertz CT molecular complexity index is 1440. The fraction of sp³-hybridized carbons (Fsp3) is 0.781. The summed E-state index contributed by atoms with van der Waals surface area (Å²) < 4.78 is 33.0. The van der Waals surface area contributed by atoms with Gasteiger partial charge in [-0.25, -0.2) is 4.57 Å². The number of phosphoric ester groups is 1. The van der Waals surface area contributed by atoms with Gasteiger partial charge >= 0.3 is 19.8 Å². The van der Waals surface area contributed by atoms with E-state index in [0.717, 1.165) is 70.6 Å². The molecule has 0 amide bonds. The van der Waals surface area contributed by atoms with E-state index in [9.17, 15) is 19.0 Å². The van der Waals surface area contributed by atoms with Crippen molar-refractivity contribution in [1.29, 1.82) is 0 Å². The van der Waals surface area contributed by atoms with Crippen molar-refractivity contribution in [2.45, 2.75) is 296 Å². The van der Waals surface area contributed by atoms with Crippen molar-refractivity contribution in [2.75, 3.05) is 26.4 Å². The zero-order valence-corrected chi connectivity index (χ0v) is 49.0. The third kappa shape index (κ3) is 58.7. The molecule has 0 aliphatic heterocycles. The zero-order valence-electron chi connectivity index (χ0n) is 48.1. The number of rotatable bonds is 58. The van der Waals surface area contributed by atoms with E-state index in [2.05, 4.69) is 86.8 Å². The van der Waals surface area contributed by atoms with Gasteiger partial charge in [-0.1, -0.05) is 286 Å². The quantitative estimate of drug-likeness (QED) is 0.0264. The van der Waals surface area contributed by atoms with Gasteiger partial charge < -0.3 is 20.1 Å². The average molecular weight is 1060 g/mol. The van der Waals surface area contributed by atoms with Gasteiger partial charge in [0.25, 0.3) is 0 Å². The standard InChI is InChI=1S/C64H116NO8P/c1-3-5-7-9-11-13-15-17-19-20-21-22-23-24-25-26-27-28-29-30-31-32-33-34-35-36-37-38-39-40-41-42-43-45-47-49-51-53-55-57-64(67)73-62(61-72-74(68,69)71-59-58-65)60-70-63(66)56-54-52-50-48-46-44-18-16-14-12-10-8-6-4-2/h5,7,11,13,17,19,21-22,24-25,27-28,62H,3-4,6,8-10,12,14-16,18,20,23,26,29-61,65H2,1-2H3,(H,68,69)/b7-5-,13-11-,19-17-,22-21-,25-24-,28-27-. The number of esters is 2. The molecule has 74 heavy (non-hydrogen) atoms. The first kappa shape index (κ1) is 71.5. The first-order valence-electron chi connectivity index (χ1n) is 30.9. The van der Waals surface area contributed by atoms with E-state index in [1.807, 2.05) is 0 Å². The second-order valence-electron chi connectivity index (χ2n) is 20.6. The minimum absolute atomic E-state index is 0.0546. The van der Waals surface area contributed by atoms with Gasteiger partial charge in [0.1, 0.15) is 6.61 Å². The molecule has 2 atom stereocenters. The fourth-order valence-electron chi connectivity index (χ4n) is 8.82. The van der Waals surface area contributed by atoms with Crippen molar-refractivity contribution in [1.82, 2.24) is 0 Å². The Balaban J connectivity index is 3.80. The van der Waals surface area contributed by atoms with Gasteiger partial charge in [-0.3, -0.25) is 18.6 Å². The number of phosphoric acid groups is 1. The lowest BCUT2D eigenvalue weighted by Crippen LogP contribution is -2.29. The highest BCUT2D eigenvalue weighted by molar-refractivity contribution is 7.47. The van der Waals surface area contributed by atoms with E-state index in [4.69, 9.17) is 24.3 Å². The van der Waals surface area contributed by atoms with Crippen LogP contribution < -0.4 is 5.73 Å². The predicted octanol–water partition coefficient (Wildman–Crippen LogP) is 19.7. The van der Waals surface area contributed by atoms with Crippen molar-refractivity contribution in [3.8, 4) is 0 Å². The van der Waals surface area contributed by atoms with E-state index in [1.54, 1.807) is 0 Å². The molecule has 0 saturated heterocycles. The van der Waals surface area contributed by atoms with E-state index in [1.165, 1.54) is 186 Å². The summed E-state index contributed by atoms with van der Waals surface area (Å²) in [7, 11) is -4.38. The number of allylic oxidation sites excluding steroid dienone is 12. The molecule has 0 rings (SSSR count). The maximum Gasteiger partial charge on any atom is 0.472 e. The van der Waals surface area contributed by atoms with E-state index < -0.39 is 26.5 Å². The van der Waals surface area contributed by atoms with Crippen LogP contribution in [0.1, 0.15) is 290 Å². The van der Waals surface area contributed by atoms with Crippen molar-refractivity contribution >= 4 is 19.8 Å². The second-order valence-corrected chi connectivity index (χ2v) is 22.0. The number of hydrogen-bond donors (Lipinski definition) is 2. The Morgan fingerprint density at radius 1 is 0.419 bits per heavy atom. The highest BCUT2D eigenvalue weighted by Gasteiger charge is 2.26. The van der Waals surface area contributed by atoms with Gasteiger partial charge in [0, 0.05) is 19.4 Å². The minimum atomic E-state index is -4.38. The molecule has 0 aliphatic rings. The van der Waals surface area contributed by atoms with Crippen molar-refractivity contribution < 1.29 is 37.6 Å². The molecule has 0 saturated carbocycles. The van der Waals surface area contributed by atoms with Crippen LogP contribution in [-0.2, 0) is 32.7 Å². The van der Waals surface area contributed by atoms with Crippen LogP contribution in [0.4, 0.5) is 0 Å². The first-order valence-corrected chi connectivity index (χ1v) is 32.4. The summed E-state index contributed by atoms with van der Waals surface area (Å²) in [6.45, 7) is 3.66. The van der Waals surface area contributed by atoms with Crippen molar-refractivity contribution in [3.63, 3.8) is 0 Å². The molecule has 0 fully saturated rings. The molecule has 0 aliphatic carbocycles. The molecule has 0 aromatic heterocycles. The van der Waals surface area contributed by atoms with Crippen LogP contribution in [0.3, 0.4) is 0 Å². The highest BCUT2D eigenvalue weighted by atomic mass is 31.2. The molecular formula is C64H116NO8P.